The number of carbonyl (C=O) groups excluding carboxylic acids is 3. The second-order valence-electron chi connectivity index (χ2n) is 14.6. The molecule has 2 aliphatic rings. The summed E-state index contributed by atoms with van der Waals surface area (Å²) in [6, 6.07) is 6.18. The summed E-state index contributed by atoms with van der Waals surface area (Å²) in [5.74, 6) is -0.140. The summed E-state index contributed by atoms with van der Waals surface area (Å²) < 4.78 is 41.1. The van der Waals surface area contributed by atoms with E-state index < -0.39 is 39.0 Å². The fraction of sp³-hybridized carbons (Fsp3) is 0.625. The molecular weight excluding hydrogens is 598 g/mol. The second kappa shape index (κ2) is 12.1. The molecule has 2 heterocycles. The van der Waals surface area contributed by atoms with Gasteiger partial charge in [0.15, 0.2) is 0 Å². The number of hydrogen-bond acceptors (Lipinski definition) is 9. The topological polar surface area (TPSA) is 138 Å². The van der Waals surface area contributed by atoms with Gasteiger partial charge in [-0.1, -0.05) is 13.8 Å². The van der Waals surface area contributed by atoms with Gasteiger partial charge >= 0.3 is 12.2 Å². The van der Waals surface area contributed by atoms with E-state index >= 15 is 0 Å². The van der Waals surface area contributed by atoms with Crippen LogP contribution in [0.25, 0.3) is 10.9 Å². The minimum atomic E-state index is -3.95. The van der Waals surface area contributed by atoms with E-state index in [4.69, 9.17) is 9.47 Å². The molecule has 2 aromatic rings. The number of nitrogens with zero attached hydrogens (tertiary/aromatic N) is 4. The maximum absolute atomic E-state index is 13.6. The highest BCUT2D eigenvalue weighted by Gasteiger charge is 2.42. The zero-order chi connectivity index (χ0) is 33.7. The van der Waals surface area contributed by atoms with Crippen molar-refractivity contribution in [3.05, 3.63) is 24.3 Å². The van der Waals surface area contributed by atoms with Crippen LogP contribution in [0, 0.1) is 5.92 Å². The number of anilines is 2. The van der Waals surface area contributed by atoms with Gasteiger partial charge in [-0.2, -0.15) is 4.90 Å². The highest BCUT2D eigenvalue weighted by molar-refractivity contribution is 7.89. The lowest BCUT2D eigenvalue weighted by molar-refractivity contribution is -0.136. The molecule has 45 heavy (non-hydrogen) atoms. The minimum Gasteiger partial charge on any atom is -0.443 e. The van der Waals surface area contributed by atoms with Crippen LogP contribution >= 0.6 is 0 Å². The monoisotopic (exact) mass is 645 g/mol. The second-order valence-corrected chi connectivity index (χ2v) is 16.3. The normalized spacial score (nSPS) is 18.6. The molecule has 1 aliphatic carbocycles. The van der Waals surface area contributed by atoms with Gasteiger partial charge in [0, 0.05) is 48.2 Å². The van der Waals surface area contributed by atoms with Crippen LogP contribution in [0.5, 0.6) is 0 Å². The van der Waals surface area contributed by atoms with Crippen LogP contribution in [-0.2, 0) is 24.3 Å². The van der Waals surface area contributed by atoms with Crippen molar-refractivity contribution < 1.29 is 32.3 Å². The van der Waals surface area contributed by atoms with Gasteiger partial charge in [0.25, 0.3) is 0 Å². The smallest absolute Gasteiger partial charge is 0.425 e. The summed E-state index contributed by atoms with van der Waals surface area (Å²) >= 11 is 0. The van der Waals surface area contributed by atoms with E-state index in [0.717, 1.165) is 17.7 Å². The zero-order valence-electron chi connectivity index (χ0n) is 28.1. The molecule has 13 heteroatoms. The molecule has 1 N–H and O–H groups in total. The van der Waals surface area contributed by atoms with Crippen molar-refractivity contribution >= 4 is 50.5 Å². The number of sulfonamides is 1. The highest BCUT2D eigenvalue weighted by Crippen LogP contribution is 2.38. The first-order chi connectivity index (χ1) is 20.6. The number of imide groups is 1. The number of nitrogens with one attached hydrogen (secondary N) is 1. The van der Waals surface area contributed by atoms with Gasteiger partial charge in [-0.05, 0) is 92.5 Å². The Morgan fingerprint density at radius 1 is 1.00 bits per heavy atom. The molecule has 0 unspecified atom stereocenters. The van der Waals surface area contributed by atoms with E-state index in [9.17, 15) is 22.8 Å². The van der Waals surface area contributed by atoms with E-state index in [1.54, 1.807) is 53.7 Å². The summed E-state index contributed by atoms with van der Waals surface area (Å²) in [7, 11) is -3.95. The average Bonchev–Trinajstić information content (AvgIpc) is 3.60. The van der Waals surface area contributed by atoms with Gasteiger partial charge in [-0.3, -0.25) is 4.79 Å². The van der Waals surface area contributed by atoms with Crippen molar-refractivity contribution in [2.75, 3.05) is 29.4 Å². The Hall–Kier alpha value is -3.45. The van der Waals surface area contributed by atoms with E-state index in [1.807, 2.05) is 32.6 Å². The lowest BCUT2D eigenvalue weighted by Gasteiger charge is -2.42. The van der Waals surface area contributed by atoms with Crippen molar-refractivity contribution in [2.24, 2.45) is 5.92 Å². The van der Waals surface area contributed by atoms with Crippen LogP contribution < -0.4 is 14.5 Å². The number of ether oxygens (including phenoxy) is 2. The standard InChI is InChI=1S/C32H47N5O7S/c1-20(2)27(38)36-16-15-35(19-21(36)3)25-18-22(45(41,42)34-32(10)13-14-32)17-24-23(25)11-12-26(33-24)37(28(39)43-30(4,5)6)29(40)44-31(7,8)9/h11-12,17-18,20-21,34H,13-16,19H2,1-10H3/t21-/m0/s1. The molecule has 0 radical (unpaired) electrons. The number of amides is 3. The molecule has 1 aromatic carbocycles. The third-order valence-corrected chi connectivity index (χ3v) is 9.18. The quantitative estimate of drug-likeness (QED) is 0.435. The Balaban J connectivity index is 1.84. The summed E-state index contributed by atoms with van der Waals surface area (Å²) in [6.07, 6.45) is -0.482. The first-order valence-corrected chi connectivity index (χ1v) is 16.9. The van der Waals surface area contributed by atoms with Gasteiger partial charge in [-0.25, -0.2) is 27.7 Å². The maximum Gasteiger partial charge on any atom is 0.425 e. The number of carbonyl (C=O) groups is 3. The van der Waals surface area contributed by atoms with Crippen LogP contribution in [-0.4, -0.2) is 78.8 Å². The van der Waals surface area contributed by atoms with E-state index in [0.29, 0.717) is 30.7 Å². The first-order valence-electron chi connectivity index (χ1n) is 15.4. The van der Waals surface area contributed by atoms with Gasteiger partial charge < -0.3 is 19.3 Å². The Morgan fingerprint density at radius 2 is 1.58 bits per heavy atom. The number of fused-ring (bicyclic) bond motifs is 1. The highest BCUT2D eigenvalue weighted by atomic mass is 32.2. The number of piperazine rings is 1. The van der Waals surface area contributed by atoms with Crippen molar-refractivity contribution in [3.63, 3.8) is 0 Å². The first kappa shape index (κ1) is 34.4. The molecule has 0 spiro atoms. The van der Waals surface area contributed by atoms with Crippen LogP contribution in [0.2, 0.25) is 0 Å². The Labute approximate surface area is 266 Å². The minimum absolute atomic E-state index is 0.0113. The molecule has 4 rings (SSSR count). The van der Waals surface area contributed by atoms with Gasteiger partial charge in [0.05, 0.1) is 10.4 Å². The third-order valence-electron chi connectivity index (χ3n) is 7.56. The Bertz CT molecular complexity index is 1560. The SMILES string of the molecule is CC(C)C(=O)N1CCN(c2cc(S(=O)(=O)NC3(C)CC3)cc3nc(N(C(=O)OC(C)(C)C)C(=O)OC(C)(C)C)ccc23)C[C@@H]1C. The number of benzene rings is 1. The predicted octanol–water partition coefficient (Wildman–Crippen LogP) is 5.44. The van der Waals surface area contributed by atoms with E-state index in [-0.39, 0.29) is 34.1 Å². The summed E-state index contributed by atoms with van der Waals surface area (Å²) in [5, 5.41) is 0.625. The third kappa shape index (κ3) is 8.23. The summed E-state index contributed by atoms with van der Waals surface area (Å²) in [5.41, 5.74) is -1.45. The van der Waals surface area contributed by atoms with Gasteiger partial charge in [0.2, 0.25) is 15.9 Å². The molecule has 1 atom stereocenters. The molecule has 12 nitrogen and oxygen atoms in total. The predicted molar refractivity (Wildman–Crippen MR) is 173 cm³/mol. The van der Waals surface area contributed by atoms with Crippen LogP contribution in [0.4, 0.5) is 21.1 Å². The molecular formula is C32H47N5O7S. The maximum atomic E-state index is 13.6. The molecule has 248 valence electrons. The fourth-order valence-corrected chi connectivity index (χ4v) is 6.61. The van der Waals surface area contributed by atoms with Crippen molar-refractivity contribution in [1.29, 1.82) is 0 Å². The van der Waals surface area contributed by atoms with Crippen LogP contribution in [0.3, 0.4) is 0 Å². The number of aromatic nitrogens is 1. The molecule has 0 bridgehead atoms. The van der Waals surface area contributed by atoms with Gasteiger partial charge in [-0.15, -0.1) is 0 Å². The molecule has 2 fully saturated rings. The lowest BCUT2D eigenvalue weighted by Crippen LogP contribution is -2.55. The lowest BCUT2D eigenvalue weighted by atomic mass is 10.1. The molecule has 3 amide bonds. The zero-order valence-corrected chi connectivity index (χ0v) is 28.9. The van der Waals surface area contributed by atoms with E-state index in [1.165, 1.54) is 12.1 Å². The van der Waals surface area contributed by atoms with Crippen LogP contribution in [0.15, 0.2) is 29.2 Å². The number of rotatable bonds is 6. The summed E-state index contributed by atoms with van der Waals surface area (Å²) in [4.78, 5) is 48.7. The fourth-order valence-electron chi connectivity index (χ4n) is 5.11. The average molecular weight is 646 g/mol. The Morgan fingerprint density at radius 3 is 2.07 bits per heavy atom. The number of hydrogen-bond donors (Lipinski definition) is 1. The Kier molecular flexibility index (Phi) is 9.22. The van der Waals surface area contributed by atoms with Crippen LogP contribution in [0.1, 0.15) is 82.1 Å². The van der Waals surface area contributed by atoms with Crippen molar-refractivity contribution in [2.45, 2.75) is 110 Å². The number of pyridine rings is 1. The molecule has 1 aromatic heterocycles. The largest absolute Gasteiger partial charge is 0.443 e. The van der Waals surface area contributed by atoms with E-state index in [2.05, 4.69) is 14.6 Å². The van der Waals surface area contributed by atoms with Crippen molar-refractivity contribution in [3.8, 4) is 0 Å². The molecule has 1 aliphatic heterocycles. The summed E-state index contributed by atoms with van der Waals surface area (Å²) in [6.45, 7) is 19.1. The van der Waals surface area contributed by atoms with Gasteiger partial charge in [0.1, 0.15) is 17.0 Å². The molecule has 1 saturated heterocycles. The van der Waals surface area contributed by atoms with Crippen molar-refractivity contribution in [1.82, 2.24) is 14.6 Å². The molecule has 1 saturated carbocycles.